The quantitative estimate of drug-likeness (QED) is 0.828. The Hall–Kier alpha value is -0.0800. The molecule has 2 rings (SSSR count). The van der Waals surface area contributed by atoms with Crippen LogP contribution in [-0.2, 0) is 0 Å². The van der Waals surface area contributed by atoms with Crippen LogP contribution in [0, 0.1) is 5.92 Å². The maximum absolute atomic E-state index is 3.73. The first-order chi connectivity index (χ1) is 8.81. The van der Waals surface area contributed by atoms with Gasteiger partial charge >= 0.3 is 0 Å². The molecule has 2 atom stereocenters. The lowest BCUT2D eigenvalue weighted by molar-refractivity contribution is 0.105. The van der Waals surface area contributed by atoms with E-state index in [-0.39, 0.29) is 0 Å². The average molecular weight is 252 g/mol. The molecule has 1 N–H and O–H groups in total. The largest absolute Gasteiger partial charge is 0.311 e. The van der Waals surface area contributed by atoms with Crippen LogP contribution in [0.3, 0.4) is 0 Å². The predicted octanol–water partition coefficient (Wildman–Crippen LogP) is 3.42. The van der Waals surface area contributed by atoms with Gasteiger partial charge in [-0.15, -0.1) is 0 Å². The minimum absolute atomic E-state index is 0.731. The van der Waals surface area contributed by atoms with Crippen molar-refractivity contribution in [2.75, 3.05) is 19.6 Å². The Labute approximate surface area is 114 Å². The summed E-state index contributed by atoms with van der Waals surface area (Å²) in [5, 5.41) is 3.73. The fourth-order valence-electron chi connectivity index (χ4n) is 3.60. The normalized spacial score (nSPS) is 30.7. The van der Waals surface area contributed by atoms with Crippen molar-refractivity contribution in [2.24, 2.45) is 5.92 Å². The molecule has 1 heterocycles. The van der Waals surface area contributed by atoms with Gasteiger partial charge in [0, 0.05) is 31.7 Å². The number of nitrogens with zero attached hydrogens (tertiary/aromatic N) is 1. The third kappa shape index (κ3) is 3.96. The Morgan fingerprint density at radius 3 is 2.44 bits per heavy atom. The second-order valence-electron chi connectivity index (χ2n) is 6.44. The van der Waals surface area contributed by atoms with E-state index in [4.69, 9.17) is 0 Å². The third-order valence-corrected chi connectivity index (χ3v) is 5.16. The van der Waals surface area contributed by atoms with Crippen LogP contribution in [0.4, 0.5) is 0 Å². The van der Waals surface area contributed by atoms with E-state index in [0.29, 0.717) is 0 Å². The van der Waals surface area contributed by atoms with Gasteiger partial charge in [0.1, 0.15) is 0 Å². The third-order valence-electron chi connectivity index (χ3n) is 5.16. The van der Waals surface area contributed by atoms with Crippen molar-refractivity contribution in [3.63, 3.8) is 0 Å². The molecule has 106 valence electrons. The minimum atomic E-state index is 0.731. The lowest BCUT2D eigenvalue weighted by atomic mass is 9.92. The highest BCUT2D eigenvalue weighted by Crippen LogP contribution is 2.23. The molecule has 0 radical (unpaired) electrons. The van der Waals surface area contributed by atoms with Gasteiger partial charge in [0.25, 0.3) is 0 Å². The van der Waals surface area contributed by atoms with Crippen LogP contribution in [0.1, 0.15) is 65.2 Å². The van der Waals surface area contributed by atoms with Gasteiger partial charge in [0.15, 0.2) is 0 Å². The number of rotatable bonds is 3. The van der Waals surface area contributed by atoms with Crippen LogP contribution in [0.25, 0.3) is 0 Å². The highest BCUT2D eigenvalue weighted by molar-refractivity contribution is 4.86. The van der Waals surface area contributed by atoms with Gasteiger partial charge < -0.3 is 5.32 Å². The molecule has 0 bridgehead atoms. The summed E-state index contributed by atoms with van der Waals surface area (Å²) in [5.74, 6) is 0.821. The fraction of sp³-hybridized carbons (Fsp3) is 1.00. The van der Waals surface area contributed by atoms with Crippen LogP contribution in [0.2, 0.25) is 0 Å². The monoisotopic (exact) mass is 252 g/mol. The van der Waals surface area contributed by atoms with E-state index in [1.807, 2.05) is 0 Å². The topological polar surface area (TPSA) is 15.3 Å². The van der Waals surface area contributed by atoms with Crippen LogP contribution < -0.4 is 5.32 Å². The Balaban J connectivity index is 1.86. The smallest absolute Gasteiger partial charge is 0.0221 e. The van der Waals surface area contributed by atoms with Crippen LogP contribution in [-0.4, -0.2) is 36.6 Å². The van der Waals surface area contributed by atoms with E-state index in [2.05, 4.69) is 24.1 Å². The Bertz CT molecular complexity index is 221. The van der Waals surface area contributed by atoms with Gasteiger partial charge in [-0.2, -0.15) is 0 Å². The number of nitrogens with one attached hydrogen (secondary N) is 1. The second kappa shape index (κ2) is 7.49. The molecule has 0 aromatic carbocycles. The van der Waals surface area contributed by atoms with Crippen molar-refractivity contribution >= 4 is 0 Å². The zero-order valence-corrected chi connectivity index (χ0v) is 12.5. The van der Waals surface area contributed by atoms with Crippen molar-refractivity contribution in [1.29, 1.82) is 0 Å². The predicted molar refractivity (Wildman–Crippen MR) is 78.9 cm³/mol. The van der Waals surface area contributed by atoms with Crippen molar-refractivity contribution in [3.8, 4) is 0 Å². The minimum Gasteiger partial charge on any atom is -0.311 e. The lowest BCUT2D eigenvalue weighted by Gasteiger charge is -2.41. The van der Waals surface area contributed by atoms with Gasteiger partial charge in [-0.3, -0.25) is 4.90 Å². The molecule has 0 aromatic heterocycles. The van der Waals surface area contributed by atoms with Crippen LogP contribution >= 0.6 is 0 Å². The molecule has 2 heteroatoms. The van der Waals surface area contributed by atoms with E-state index >= 15 is 0 Å². The van der Waals surface area contributed by atoms with E-state index in [9.17, 15) is 0 Å². The molecule has 2 aliphatic rings. The van der Waals surface area contributed by atoms with Gasteiger partial charge in [-0.1, -0.05) is 52.4 Å². The molecule has 1 aliphatic heterocycles. The Kier molecular flexibility index (Phi) is 5.97. The maximum atomic E-state index is 3.73. The number of hydrogen-bond donors (Lipinski definition) is 1. The molecule has 1 saturated heterocycles. The molecular formula is C16H32N2. The molecular weight excluding hydrogens is 220 g/mol. The zero-order valence-electron chi connectivity index (χ0n) is 12.5. The molecule has 2 nitrogen and oxygen atoms in total. The van der Waals surface area contributed by atoms with E-state index in [0.717, 1.165) is 18.0 Å². The number of piperazine rings is 1. The molecule has 0 spiro atoms. The van der Waals surface area contributed by atoms with E-state index < -0.39 is 0 Å². The molecule has 0 amide bonds. The van der Waals surface area contributed by atoms with Crippen molar-refractivity contribution < 1.29 is 0 Å². The SMILES string of the molecule is CCC(C)C1CN(C2CCCCCCC2)CCN1. The van der Waals surface area contributed by atoms with Gasteiger partial charge in [-0.25, -0.2) is 0 Å². The maximum Gasteiger partial charge on any atom is 0.0221 e. The van der Waals surface area contributed by atoms with E-state index in [1.165, 1.54) is 71.0 Å². The molecule has 0 aromatic rings. The number of hydrogen-bond acceptors (Lipinski definition) is 2. The van der Waals surface area contributed by atoms with E-state index in [1.54, 1.807) is 0 Å². The summed E-state index contributed by atoms with van der Waals surface area (Å²) in [6, 6.07) is 1.62. The Morgan fingerprint density at radius 1 is 1.11 bits per heavy atom. The van der Waals surface area contributed by atoms with Gasteiger partial charge in [0.2, 0.25) is 0 Å². The highest BCUT2D eigenvalue weighted by Gasteiger charge is 2.27. The van der Waals surface area contributed by atoms with Gasteiger partial charge in [-0.05, 0) is 18.8 Å². The summed E-state index contributed by atoms with van der Waals surface area (Å²) >= 11 is 0. The first kappa shape index (κ1) is 14.3. The lowest BCUT2D eigenvalue weighted by Crippen LogP contribution is -2.56. The van der Waals surface area contributed by atoms with Crippen molar-refractivity contribution in [1.82, 2.24) is 10.2 Å². The summed E-state index contributed by atoms with van der Waals surface area (Å²) in [6.45, 7) is 8.49. The highest BCUT2D eigenvalue weighted by atomic mass is 15.2. The Morgan fingerprint density at radius 2 is 1.78 bits per heavy atom. The van der Waals surface area contributed by atoms with Crippen LogP contribution in [0.15, 0.2) is 0 Å². The summed E-state index contributed by atoms with van der Waals surface area (Å²) < 4.78 is 0. The summed E-state index contributed by atoms with van der Waals surface area (Å²) in [7, 11) is 0. The molecule has 2 unspecified atom stereocenters. The first-order valence-electron chi connectivity index (χ1n) is 8.28. The molecule has 1 aliphatic carbocycles. The summed E-state index contributed by atoms with van der Waals surface area (Å²) in [6.07, 6.45) is 11.5. The summed E-state index contributed by atoms with van der Waals surface area (Å²) in [5.41, 5.74) is 0. The van der Waals surface area contributed by atoms with Crippen LogP contribution in [0.5, 0.6) is 0 Å². The zero-order chi connectivity index (χ0) is 12.8. The molecule has 18 heavy (non-hydrogen) atoms. The van der Waals surface area contributed by atoms with Crippen molar-refractivity contribution in [3.05, 3.63) is 0 Å². The fourth-order valence-corrected chi connectivity index (χ4v) is 3.60. The second-order valence-corrected chi connectivity index (χ2v) is 6.44. The van der Waals surface area contributed by atoms with Gasteiger partial charge in [0.05, 0.1) is 0 Å². The average Bonchev–Trinajstić information content (AvgIpc) is 2.37. The van der Waals surface area contributed by atoms with Crippen molar-refractivity contribution in [2.45, 2.75) is 77.3 Å². The molecule has 2 fully saturated rings. The standard InChI is InChI=1S/C16H32N2/c1-3-14(2)16-13-18(12-11-17-16)15-9-7-5-4-6-8-10-15/h14-17H,3-13H2,1-2H3. The first-order valence-corrected chi connectivity index (χ1v) is 8.28. The summed E-state index contributed by atoms with van der Waals surface area (Å²) in [4.78, 5) is 2.80. The molecule has 1 saturated carbocycles.